The summed E-state index contributed by atoms with van der Waals surface area (Å²) in [5.74, 6) is -3.82. The average molecular weight is 558 g/mol. The average Bonchev–Trinajstić information content (AvgIpc) is 3.50. The number of carbonyl (C=O) groups is 2. The smallest absolute Gasteiger partial charge is 0.383 e. The van der Waals surface area contributed by atoms with Crippen LogP contribution in [0.2, 0.25) is 0 Å². The van der Waals surface area contributed by atoms with E-state index in [0.717, 1.165) is 35.6 Å². The molecule has 0 spiro atoms. The lowest BCUT2D eigenvalue weighted by Crippen LogP contribution is -2.48. The molecule has 0 radical (unpaired) electrons. The van der Waals surface area contributed by atoms with E-state index in [1.807, 2.05) is 0 Å². The molecule has 1 aromatic carbocycles. The highest BCUT2D eigenvalue weighted by molar-refractivity contribution is 6.21. The van der Waals surface area contributed by atoms with E-state index in [1.54, 1.807) is 0 Å². The van der Waals surface area contributed by atoms with Crippen molar-refractivity contribution < 1.29 is 31.5 Å². The van der Waals surface area contributed by atoms with Gasteiger partial charge in [0.1, 0.15) is 17.3 Å². The second-order valence-electron chi connectivity index (χ2n) is 9.84. The van der Waals surface area contributed by atoms with Gasteiger partial charge in [-0.05, 0) is 37.5 Å². The number of nitrogens with zero attached hydrogens (tertiary/aromatic N) is 5. The minimum absolute atomic E-state index is 0.0145. The molecule has 0 saturated heterocycles. The lowest BCUT2D eigenvalue weighted by atomic mass is 9.83. The van der Waals surface area contributed by atoms with Gasteiger partial charge in [-0.3, -0.25) is 9.59 Å². The van der Waals surface area contributed by atoms with Crippen molar-refractivity contribution in [3.05, 3.63) is 64.7 Å². The summed E-state index contributed by atoms with van der Waals surface area (Å²) < 4.78 is 68.7. The quantitative estimate of drug-likeness (QED) is 0.253. The normalized spacial score (nSPS) is 18.6. The highest BCUT2D eigenvalue weighted by atomic mass is 19.4. The van der Waals surface area contributed by atoms with E-state index < -0.39 is 40.7 Å². The first-order valence-corrected chi connectivity index (χ1v) is 12.0. The molecule has 206 valence electrons. The molecular formula is C25H19F5N8O2. The number of rotatable bonds is 5. The van der Waals surface area contributed by atoms with Gasteiger partial charge in [0, 0.05) is 24.9 Å². The molecule has 10 nitrogen and oxygen atoms in total. The summed E-state index contributed by atoms with van der Waals surface area (Å²) in [6.07, 6.45) is -1.44. The van der Waals surface area contributed by atoms with Gasteiger partial charge in [0.2, 0.25) is 11.8 Å². The predicted molar refractivity (Wildman–Crippen MR) is 130 cm³/mol. The summed E-state index contributed by atoms with van der Waals surface area (Å²) in [6, 6.07) is 3.04. The fourth-order valence-electron chi connectivity index (χ4n) is 4.56. The minimum Gasteiger partial charge on any atom is -0.383 e. The van der Waals surface area contributed by atoms with E-state index in [-0.39, 0.29) is 58.1 Å². The number of alkyl halides is 3. The van der Waals surface area contributed by atoms with Crippen LogP contribution in [-0.4, -0.2) is 42.2 Å². The molecule has 4 N–H and O–H groups in total. The van der Waals surface area contributed by atoms with E-state index in [1.165, 1.54) is 19.2 Å². The SMILES string of the molecule is CC1(C(=O)NC2CC2)C(=O)Nc2nc(-c3cn4cc(C(F)(F)F)nc4c(Cc4ccc(F)c(F)c4)n3)nc(N)c21. The van der Waals surface area contributed by atoms with E-state index in [4.69, 9.17) is 5.73 Å². The number of hydrogen-bond donors (Lipinski definition) is 3. The van der Waals surface area contributed by atoms with Crippen LogP contribution in [0.4, 0.5) is 33.6 Å². The number of nitrogen functional groups attached to an aromatic ring is 1. The Morgan fingerprint density at radius 2 is 1.90 bits per heavy atom. The largest absolute Gasteiger partial charge is 0.434 e. The maximum Gasteiger partial charge on any atom is 0.434 e. The van der Waals surface area contributed by atoms with Gasteiger partial charge in [0.25, 0.3) is 0 Å². The summed E-state index contributed by atoms with van der Waals surface area (Å²) in [4.78, 5) is 42.4. The van der Waals surface area contributed by atoms with Crippen LogP contribution in [0, 0.1) is 11.6 Å². The zero-order valence-corrected chi connectivity index (χ0v) is 20.6. The number of benzene rings is 1. The van der Waals surface area contributed by atoms with Crippen molar-refractivity contribution in [2.24, 2.45) is 0 Å². The van der Waals surface area contributed by atoms with Gasteiger partial charge in [-0.1, -0.05) is 6.07 Å². The number of fused-ring (bicyclic) bond motifs is 2. The zero-order chi connectivity index (χ0) is 28.6. The Balaban J connectivity index is 1.46. The zero-order valence-electron chi connectivity index (χ0n) is 20.6. The summed E-state index contributed by atoms with van der Waals surface area (Å²) in [5, 5.41) is 5.32. The van der Waals surface area contributed by atoms with Crippen LogP contribution in [0.5, 0.6) is 0 Å². The molecular weight excluding hydrogens is 539 g/mol. The van der Waals surface area contributed by atoms with Gasteiger partial charge < -0.3 is 20.8 Å². The molecule has 15 heteroatoms. The molecule has 1 saturated carbocycles. The molecule has 0 bridgehead atoms. The van der Waals surface area contributed by atoms with Crippen molar-refractivity contribution in [3.8, 4) is 11.5 Å². The third kappa shape index (κ3) is 4.17. The lowest BCUT2D eigenvalue weighted by Gasteiger charge is -2.21. The van der Waals surface area contributed by atoms with Gasteiger partial charge >= 0.3 is 6.18 Å². The standard InChI is InChI=1S/C25H19F5N8O2/c1-24(22(39)32-11-3-4-11)17-18(31)35-19(36-20(17)37-23(24)40)15-8-38-9-16(25(28,29)30)34-21(38)14(33-15)7-10-2-5-12(26)13(27)6-10/h2,5-6,8-9,11H,3-4,7H2,1H3,(H,32,39)(H3,31,35,36,37,40). The molecule has 1 unspecified atom stereocenters. The van der Waals surface area contributed by atoms with Gasteiger partial charge in [-0.15, -0.1) is 0 Å². The van der Waals surface area contributed by atoms with E-state index in [2.05, 4.69) is 30.6 Å². The van der Waals surface area contributed by atoms with Crippen LogP contribution in [0.25, 0.3) is 17.2 Å². The lowest BCUT2D eigenvalue weighted by molar-refractivity contribution is -0.141. The maximum absolute atomic E-state index is 13.8. The Morgan fingerprint density at radius 3 is 2.58 bits per heavy atom. The van der Waals surface area contributed by atoms with E-state index >= 15 is 0 Å². The number of carbonyl (C=O) groups excluding carboxylic acids is 2. The first-order valence-electron chi connectivity index (χ1n) is 12.0. The van der Waals surface area contributed by atoms with Crippen molar-refractivity contribution in [1.29, 1.82) is 0 Å². The topological polar surface area (TPSA) is 140 Å². The Hall–Kier alpha value is -4.69. The number of aromatic nitrogens is 5. The van der Waals surface area contributed by atoms with Crippen LogP contribution < -0.4 is 16.4 Å². The summed E-state index contributed by atoms with van der Waals surface area (Å²) in [6.45, 7) is 1.40. The van der Waals surface area contributed by atoms with Crippen LogP contribution in [0.15, 0.2) is 30.6 Å². The van der Waals surface area contributed by atoms with Crippen molar-refractivity contribution in [2.75, 3.05) is 11.1 Å². The highest BCUT2D eigenvalue weighted by Gasteiger charge is 2.53. The van der Waals surface area contributed by atoms with E-state index in [0.29, 0.717) is 0 Å². The Labute approximate surface area is 221 Å². The van der Waals surface area contributed by atoms with Gasteiger partial charge in [0.15, 0.2) is 34.2 Å². The second kappa shape index (κ2) is 8.66. The fraction of sp³-hybridized carbons (Fsp3) is 0.280. The van der Waals surface area contributed by atoms with Crippen molar-refractivity contribution >= 4 is 29.1 Å². The summed E-state index contributed by atoms with van der Waals surface area (Å²) >= 11 is 0. The number of hydrogen-bond acceptors (Lipinski definition) is 7. The molecule has 2 amide bonds. The number of nitrogens with two attached hydrogens (primary N) is 1. The Kier molecular flexibility index (Phi) is 5.54. The number of nitrogens with one attached hydrogen (secondary N) is 2. The fourth-order valence-corrected chi connectivity index (χ4v) is 4.56. The molecule has 3 aromatic heterocycles. The monoisotopic (exact) mass is 558 g/mol. The van der Waals surface area contributed by atoms with Crippen molar-refractivity contribution in [3.63, 3.8) is 0 Å². The van der Waals surface area contributed by atoms with Crippen LogP contribution in [0.3, 0.4) is 0 Å². The van der Waals surface area contributed by atoms with Gasteiger partial charge in [-0.25, -0.2) is 28.7 Å². The highest BCUT2D eigenvalue weighted by Crippen LogP contribution is 2.41. The number of anilines is 2. The number of halogens is 5. The Morgan fingerprint density at radius 1 is 1.15 bits per heavy atom. The third-order valence-corrected chi connectivity index (χ3v) is 6.87. The molecule has 1 atom stereocenters. The minimum atomic E-state index is -4.77. The summed E-state index contributed by atoms with van der Waals surface area (Å²) in [7, 11) is 0. The second-order valence-corrected chi connectivity index (χ2v) is 9.84. The molecule has 40 heavy (non-hydrogen) atoms. The van der Waals surface area contributed by atoms with Crippen molar-refractivity contribution in [2.45, 2.75) is 43.8 Å². The molecule has 4 heterocycles. The number of imidazole rings is 1. The molecule has 1 fully saturated rings. The third-order valence-electron chi connectivity index (χ3n) is 6.87. The van der Waals surface area contributed by atoms with Crippen LogP contribution >= 0.6 is 0 Å². The van der Waals surface area contributed by atoms with Gasteiger partial charge in [-0.2, -0.15) is 13.2 Å². The number of amides is 2. The molecule has 4 aromatic rings. The molecule has 2 aliphatic rings. The molecule has 1 aliphatic carbocycles. The molecule has 1 aliphatic heterocycles. The van der Waals surface area contributed by atoms with Crippen LogP contribution in [0.1, 0.15) is 42.3 Å². The van der Waals surface area contributed by atoms with Crippen LogP contribution in [-0.2, 0) is 27.6 Å². The predicted octanol–water partition coefficient (Wildman–Crippen LogP) is 3.14. The van der Waals surface area contributed by atoms with Gasteiger partial charge in [0.05, 0.1) is 11.3 Å². The Bertz CT molecular complexity index is 1730. The van der Waals surface area contributed by atoms with E-state index in [9.17, 15) is 31.5 Å². The maximum atomic E-state index is 13.8. The van der Waals surface area contributed by atoms with Crippen molar-refractivity contribution in [1.82, 2.24) is 29.7 Å². The first-order chi connectivity index (χ1) is 18.8. The molecule has 6 rings (SSSR count). The summed E-state index contributed by atoms with van der Waals surface area (Å²) in [5.41, 5.74) is 3.38. The first kappa shape index (κ1) is 25.6.